The molecule has 1 heterocycles. The highest BCUT2D eigenvalue weighted by Gasteiger charge is 2.36. The van der Waals surface area contributed by atoms with E-state index in [9.17, 15) is 4.79 Å². The summed E-state index contributed by atoms with van der Waals surface area (Å²) in [5.41, 5.74) is 5.76. The second kappa shape index (κ2) is 6.06. The van der Waals surface area contributed by atoms with Crippen molar-refractivity contribution in [2.24, 2.45) is 5.73 Å². The number of carbonyl (C=O) groups excluding carboxylic acids is 1. The molecule has 1 amide bonds. The third-order valence-corrected chi connectivity index (χ3v) is 3.72. The van der Waals surface area contributed by atoms with E-state index in [4.69, 9.17) is 10.5 Å². The molecule has 4 heteroatoms. The molecule has 0 bridgehead atoms. The number of primary amides is 1. The molecule has 0 saturated carbocycles. The molecule has 1 aliphatic rings. The summed E-state index contributed by atoms with van der Waals surface area (Å²) < 4.78 is 5.45. The summed E-state index contributed by atoms with van der Waals surface area (Å²) in [6.45, 7) is 3.86. The van der Waals surface area contributed by atoms with Gasteiger partial charge >= 0.3 is 6.09 Å². The largest absolute Gasteiger partial charge is 0.428 e. The molecular formula is C15H22N2O2. The van der Waals surface area contributed by atoms with Crippen molar-refractivity contribution in [3.63, 3.8) is 0 Å². The number of ether oxygens (including phenoxy) is 1. The van der Waals surface area contributed by atoms with Crippen LogP contribution >= 0.6 is 0 Å². The van der Waals surface area contributed by atoms with Crippen molar-refractivity contribution in [2.45, 2.75) is 38.3 Å². The van der Waals surface area contributed by atoms with Crippen LogP contribution in [0.1, 0.15) is 31.7 Å². The minimum Gasteiger partial charge on any atom is -0.428 e. The van der Waals surface area contributed by atoms with E-state index in [0.29, 0.717) is 6.42 Å². The minimum absolute atomic E-state index is 0.645. The zero-order valence-corrected chi connectivity index (χ0v) is 11.5. The van der Waals surface area contributed by atoms with Gasteiger partial charge in [0, 0.05) is 19.5 Å². The summed E-state index contributed by atoms with van der Waals surface area (Å²) in [6, 6.07) is 10.1. The van der Waals surface area contributed by atoms with E-state index < -0.39 is 11.8 Å². The Kier molecular flexibility index (Phi) is 4.43. The minimum atomic E-state index is -0.705. The Balaban J connectivity index is 2.15. The predicted octanol–water partition coefficient (Wildman–Crippen LogP) is 2.53. The molecule has 0 radical (unpaired) electrons. The monoisotopic (exact) mass is 262 g/mol. The fraction of sp³-hybridized carbons (Fsp3) is 0.533. The highest BCUT2D eigenvalue weighted by molar-refractivity contribution is 5.65. The molecule has 4 nitrogen and oxygen atoms in total. The molecule has 2 N–H and O–H groups in total. The molecule has 104 valence electrons. The first-order chi connectivity index (χ1) is 9.10. The Morgan fingerprint density at radius 2 is 1.89 bits per heavy atom. The van der Waals surface area contributed by atoms with E-state index in [-0.39, 0.29) is 0 Å². The summed E-state index contributed by atoms with van der Waals surface area (Å²) in [4.78, 5) is 13.5. The predicted molar refractivity (Wildman–Crippen MR) is 74.6 cm³/mol. The van der Waals surface area contributed by atoms with Crippen LogP contribution in [0.2, 0.25) is 0 Å². The molecular weight excluding hydrogens is 240 g/mol. The standard InChI is InChI=1S/C15H22N2O2/c1-15(19-14(16)18,17-10-6-3-7-11-17)12-13-8-4-2-5-9-13/h2,4-5,8-9H,3,6-7,10-12H2,1H3,(H2,16,18). The van der Waals surface area contributed by atoms with E-state index in [2.05, 4.69) is 4.90 Å². The zero-order valence-electron chi connectivity index (χ0n) is 11.5. The molecule has 1 fully saturated rings. The lowest BCUT2D eigenvalue weighted by Crippen LogP contribution is -2.53. The van der Waals surface area contributed by atoms with Gasteiger partial charge in [0.05, 0.1) is 0 Å². The van der Waals surface area contributed by atoms with Crippen molar-refractivity contribution >= 4 is 6.09 Å². The van der Waals surface area contributed by atoms with Gasteiger partial charge in [0.1, 0.15) is 0 Å². The van der Waals surface area contributed by atoms with Crippen LogP contribution in [0.5, 0.6) is 0 Å². The molecule has 1 aromatic rings. The Morgan fingerprint density at radius 1 is 1.26 bits per heavy atom. The first-order valence-corrected chi connectivity index (χ1v) is 6.87. The molecule has 19 heavy (non-hydrogen) atoms. The molecule has 1 aliphatic heterocycles. The number of benzene rings is 1. The van der Waals surface area contributed by atoms with E-state index >= 15 is 0 Å². The molecule has 0 aliphatic carbocycles. The second-order valence-electron chi connectivity index (χ2n) is 5.31. The van der Waals surface area contributed by atoms with Gasteiger partial charge < -0.3 is 10.5 Å². The normalized spacial score (nSPS) is 19.6. The van der Waals surface area contributed by atoms with Crippen LogP contribution in [-0.2, 0) is 11.2 Å². The van der Waals surface area contributed by atoms with E-state index in [1.807, 2.05) is 37.3 Å². The molecule has 0 aromatic heterocycles. The van der Waals surface area contributed by atoms with Crippen molar-refractivity contribution in [1.29, 1.82) is 0 Å². The van der Waals surface area contributed by atoms with E-state index in [1.165, 1.54) is 6.42 Å². The number of nitrogens with two attached hydrogens (primary N) is 1. The lowest BCUT2D eigenvalue weighted by Gasteiger charge is -2.42. The lowest BCUT2D eigenvalue weighted by molar-refractivity contribution is -0.104. The van der Waals surface area contributed by atoms with E-state index in [0.717, 1.165) is 31.5 Å². The average Bonchev–Trinajstić information content (AvgIpc) is 2.40. The van der Waals surface area contributed by atoms with Crippen molar-refractivity contribution in [1.82, 2.24) is 4.90 Å². The van der Waals surface area contributed by atoms with Crippen LogP contribution < -0.4 is 5.73 Å². The van der Waals surface area contributed by atoms with Crippen molar-refractivity contribution in [3.8, 4) is 0 Å². The van der Waals surface area contributed by atoms with Crippen molar-refractivity contribution < 1.29 is 9.53 Å². The van der Waals surface area contributed by atoms with Crippen LogP contribution in [-0.4, -0.2) is 29.8 Å². The van der Waals surface area contributed by atoms with Gasteiger partial charge in [-0.3, -0.25) is 4.90 Å². The molecule has 1 unspecified atom stereocenters. The topological polar surface area (TPSA) is 55.6 Å². The van der Waals surface area contributed by atoms with Crippen LogP contribution in [0.3, 0.4) is 0 Å². The Morgan fingerprint density at radius 3 is 2.47 bits per heavy atom. The van der Waals surface area contributed by atoms with Crippen molar-refractivity contribution in [2.75, 3.05) is 13.1 Å². The van der Waals surface area contributed by atoms with Crippen LogP contribution in [0.15, 0.2) is 30.3 Å². The molecule has 1 saturated heterocycles. The maximum Gasteiger partial charge on any atom is 0.406 e. The number of piperidine rings is 1. The summed E-state index contributed by atoms with van der Waals surface area (Å²) in [5, 5.41) is 0. The maximum absolute atomic E-state index is 11.2. The van der Waals surface area contributed by atoms with Gasteiger partial charge in [-0.1, -0.05) is 36.8 Å². The van der Waals surface area contributed by atoms with Gasteiger partial charge in [-0.05, 0) is 25.3 Å². The lowest BCUT2D eigenvalue weighted by atomic mass is 9.99. The summed E-state index contributed by atoms with van der Waals surface area (Å²) in [7, 11) is 0. The summed E-state index contributed by atoms with van der Waals surface area (Å²) >= 11 is 0. The Labute approximate surface area is 114 Å². The summed E-state index contributed by atoms with van der Waals surface area (Å²) in [6.07, 6.45) is 3.49. The fourth-order valence-electron chi connectivity index (χ4n) is 2.77. The highest BCUT2D eigenvalue weighted by atomic mass is 16.6. The SMILES string of the molecule is CC(Cc1ccccc1)(OC(N)=O)N1CCCCC1. The number of carbonyl (C=O) groups is 1. The van der Waals surface area contributed by atoms with Gasteiger partial charge in [-0.15, -0.1) is 0 Å². The smallest absolute Gasteiger partial charge is 0.406 e. The third-order valence-electron chi connectivity index (χ3n) is 3.72. The van der Waals surface area contributed by atoms with Crippen molar-refractivity contribution in [3.05, 3.63) is 35.9 Å². The zero-order chi connectivity index (χ0) is 13.7. The quantitative estimate of drug-likeness (QED) is 0.907. The molecule has 1 atom stereocenters. The van der Waals surface area contributed by atoms with Gasteiger partial charge in [0.2, 0.25) is 0 Å². The number of hydrogen-bond acceptors (Lipinski definition) is 3. The van der Waals surface area contributed by atoms with E-state index in [1.54, 1.807) is 0 Å². The Bertz CT molecular complexity index is 415. The van der Waals surface area contributed by atoms with Gasteiger partial charge in [0.25, 0.3) is 0 Å². The average molecular weight is 262 g/mol. The molecule has 1 aromatic carbocycles. The first kappa shape index (κ1) is 13.9. The number of likely N-dealkylation sites (tertiary alicyclic amines) is 1. The molecule has 2 rings (SSSR count). The van der Waals surface area contributed by atoms with Gasteiger partial charge in [-0.2, -0.15) is 0 Å². The highest BCUT2D eigenvalue weighted by Crippen LogP contribution is 2.26. The Hall–Kier alpha value is -1.55. The fourth-order valence-corrected chi connectivity index (χ4v) is 2.77. The number of hydrogen-bond donors (Lipinski definition) is 1. The van der Waals surface area contributed by atoms with Gasteiger partial charge in [0.15, 0.2) is 5.72 Å². The first-order valence-electron chi connectivity index (χ1n) is 6.87. The van der Waals surface area contributed by atoms with Crippen LogP contribution in [0.25, 0.3) is 0 Å². The number of rotatable bonds is 4. The molecule has 0 spiro atoms. The third kappa shape index (κ3) is 3.70. The number of amides is 1. The van der Waals surface area contributed by atoms with Crippen LogP contribution in [0.4, 0.5) is 4.79 Å². The maximum atomic E-state index is 11.2. The summed E-state index contributed by atoms with van der Waals surface area (Å²) in [5.74, 6) is 0. The second-order valence-corrected chi connectivity index (χ2v) is 5.31. The van der Waals surface area contributed by atoms with Crippen LogP contribution in [0, 0.1) is 0 Å². The van der Waals surface area contributed by atoms with Gasteiger partial charge in [-0.25, -0.2) is 4.79 Å². The number of nitrogens with zero attached hydrogens (tertiary/aromatic N) is 1.